The predicted octanol–water partition coefficient (Wildman–Crippen LogP) is 3.13. The van der Waals surface area contributed by atoms with E-state index in [2.05, 4.69) is 10.6 Å². The van der Waals surface area contributed by atoms with Crippen LogP contribution >= 0.6 is 11.6 Å². The van der Waals surface area contributed by atoms with E-state index in [-0.39, 0.29) is 5.91 Å². The molecule has 112 valence electrons. The third-order valence-electron chi connectivity index (χ3n) is 3.33. The maximum Gasteiger partial charge on any atom is 0.408 e. The van der Waals surface area contributed by atoms with Gasteiger partial charge >= 0.3 is 6.09 Å². The first-order chi connectivity index (χ1) is 10.6. The average molecular weight is 317 g/mol. The number of nitrogens with one attached hydrogen (secondary N) is 2. The van der Waals surface area contributed by atoms with Crippen LogP contribution in [0.5, 0.6) is 0 Å². The molecule has 3 rings (SSSR count). The van der Waals surface area contributed by atoms with Gasteiger partial charge in [-0.1, -0.05) is 41.9 Å². The molecule has 0 aliphatic carbocycles. The molecule has 2 N–H and O–H groups in total. The maximum atomic E-state index is 12.4. The molecule has 2 amide bonds. The number of carbonyl (C=O) groups excluding carboxylic acids is 2. The Bertz CT molecular complexity index is 688. The fraction of sp³-hybridized carbons (Fsp3) is 0.125. The van der Waals surface area contributed by atoms with Gasteiger partial charge in [0.2, 0.25) is 0 Å². The van der Waals surface area contributed by atoms with Crippen molar-refractivity contribution in [1.82, 2.24) is 5.32 Å². The predicted molar refractivity (Wildman–Crippen MR) is 82.7 cm³/mol. The van der Waals surface area contributed by atoms with Crippen LogP contribution in [0.2, 0.25) is 5.02 Å². The van der Waals surface area contributed by atoms with Crippen LogP contribution in [-0.4, -0.2) is 18.0 Å². The van der Waals surface area contributed by atoms with Crippen molar-refractivity contribution in [3.63, 3.8) is 0 Å². The van der Waals surface area contributed by atoms with Gasteiger partial charge in [0.1, 0.15) is 0 Å². The number of halogens is 1. The highest BCUT2D eigenvalue weighted by molar-refractivity contribution is 6.30. The monoisotopic (exact) mass is 316 g/mol. The number of benzene rings is 2. The minimum Gasteiger partial charge on any atom is -0.439 e. The van der Waals surface area contributed by atoms with Gasteiger partial charge in [-0.15, -0.1) is 0 Å². The molecule has 1 aliphatic heterocycles. The highest BCUT2D eigenvalue weighted by atomic mass is 35.5. The minimum absolute atomic E-state index is 0.345. The number of cyclic esters (lactones) is 1. The Morgan fingerprint density at radius 3 is 2.45 bits per heavy atom. The summed E-state index contributed by atoms with van der Waals surface area (Å²) in [5, 5.41) is 5.85. The van der Waals surface area contributed by atoms with E-state index in [9.17, 15) is 9.59 Å². The van der Waals surface area contributed by atoms with Gasteiger partial charge in [-0.2, -0.15) is 0 Å². The van der Waals surface area contributed by atoms with E-state index < -0.39 is 18.2 Å². The van der Waals surface area contributed by atoms with Crippen LogP contribution in [0.3, 0.4) is 0 Å². The van der Waals surface area contributed by atoms with Crippen LogP contribution < -0.4 is 10.6 Å². The van der Waals surface area contributed by atoms with Gasteiger partial charge in [0.05, 0.1) is 0 Å². The average Bonchev–Trinajstić information content (AvgIpc) is 2.92. The molecule has 1 fully saturated rings. The molecule has 5 nitrogen and oxygen atoms in total. The van der Waals surface area contributed by atoms with Crippen LogP contribution in [0.25, 0.3) is 0 Å². The lowest BCUT2D eigenvalue weighted by Gasteiger charge is -2.17. The van der Waals surface area contributed by atoms with Gasteiger partial charge in [-0.3, -0.25) is 4.79 Å². The Kier molecular flexibility index (Phi) is 3.98. The molecule has 22 heavy (non-hydrogen) atoms. The quantitative estimate of drug-likeness (QED) is 0.914. The third kappa shape index (κ3) is 3.04. The third-order valence-corrected chi connectivity index (χ3v) is 3.58. The summed E-state index contributed by atoms with van der Waals surface area (Å²) >= 11 is 5.81. The van der Waals surface area contributed by atoms with Crippen LogP contribution in [-0.2, 0) is 9.53 Å². The van der Waals surface area contributed by atoms with Crippen molar-refractivity contribution in [3.05, 3.63) is 65.2 Å². The van der Waals surface area contributed by atoms with E-state index >= 15 is 0 Å². The molecule has 2 unspecified atom stereocenters. The lowest BCUT2D eigenvalue weighted by Crippen LogP contribution is -2.40. The summed E-state index contributed by atoms with van der Waals surface area (Å²) in [5.74, 6) is -0.345. The number of amides is 2. The summed E-state index contributed by atoms with van der Waals surface area (Å²) < 4.78 is 5.21. The van der Waals surface area contributed by atoms with Crippen molar-refractivity contribution in [2.24, 2.45) is 0 Å². The van der Waals surface area contributed by atoms with Crippen LogP contribution in [0.4, 0.5) is 10.5 Å². The number of rotatable bonds is 3. The zero-order chi connectivity index (χ0) is 15.5. The van der Waals surface area contributed by atoms with E-state index in [1.165, 1.54) is 0 Å². The normalized spacial score (nSPS) is 20.1. The summed E-state index contributed by atoms with van der Waals surface area (Å²) in [6.07, 6.45) is -1.26. The van der Waals surface area contributed by atoms with Gasteiger partial charge in [-0.25, -0.2) is 4.79 Å². The number of hydrogen-bond donors (Lipinski definition) is 2. The van der Waals surface area contributed by atoms with Gasteiger partial charge in [0.15, 0.2) is 12.1 Å². The Morgan fingerprint density at radius 2 is 1.77 bits per heavy atom. The van der Waals surface area contributed by atoms with Crippen molar-refractivity contribution < 1.29 is 14.3 Å². The van der Waals surface area contributed by atoms with Gasteiger partial charge < -0.3 is 15.4 Å². The zero-order valence-corrected chi connectivity index (χ0v) is 12.2. The lowest BCUT2D eigenvalue weighted by atomic mass is 10.0. The van der Waals surface area contributed by atoms with Crippen LogP contribution in [0.15, 0.2) is 54.6 Å². The summed E-state index contributed by atoms with van der Waals surface area (Å²) in [6.45, 7) is 0. The standard InChI is InChI=1S/C16H13ClN2O3/c17-11-6-8-12(9-7-11)18-15(20)13-14(22-16(21)19-13)10-4-2-1-3-5-10/h1-9,13-14H,(H,18,20)(H,19,21). The topological polar surface area (TPSA) is 67.4 Å². The molecule has 0 aromatic heterocycles. The second-order valence-electron chi connectivity index (χ2n) is 4.85. The van der Waals surface area contributed by atoms with E-state index in [4.69, 9.17) is 16.3 Å². The molecule has 0 bridgehead atoms. The first kappa shape index (κ1) is 14.4. The van der Waals surface area contributed by atoms with E-state index in [0.717, 1.165) is 5.56 Å². The number of ether oxygens (including phenoxy) is 1. The van der Waals surface area contributed by atoms with E-state index in [1.54, 1.807) is 24.3 Å². The zero-order valence-electron chi connectivity index (χ0n) is 11.5. The fourth-order valence-electron chi connectivity index (χ4n) is 2.28. The van der Waals surface area contributed by atoms with E-state index in [1.807, 2.05) is 30.3 Å². The Hall–Kier alpha value is -2.53. The molecule has 1 heterocycles. The smallest absolute Gasteiger partial charge is 0.408 e. The highest BCUT2D eigenvalue weighted by Crippen LogP contribution is 2.27. The molecule has 1 aliphatic rings. The Morgan fingerprint density at radius 1 is 1.09 bits per heavy atom. The van der Waals surface area contributed by atoms with Crippen molar-refractivity contribution in [3.8, 4) is 0 Å². The minimum atomic E-state index is -0.787. The van der Waals surface area contributed by atoms with Crippen molar-refractivity contribution >= 4 is 29.3 Å². The second kappa shape index (κ2) is 6.07. The van der Waals surface area contributed by atoms with Crippen molar-refractivity contribution in [1.29, 1.82) is 0 Å². The molecule has 0 spiro atoms. The van der Waals surface area contributed by atoms with Crippen molar-refractivity contribution in [2.75, 3.05) is 5.32 Å². The maximum absolute atomic E-state index is 12.4. The summed E-state index contributed by atoms with van der Waals surface area (Å²) in [7, 11) is 0. The van der Waals surface area contributed by atoms with Crippen molar-refractivity contribution in [2.45, 2.75) is 12.1 Å². The van der Waals surface area contributed by atoms with Gasteiger partial charge in [0, 0.05) is 10.7 Å². The summed E-state index contributed by atoms with van der Waals surface area (Å²) in [5.41, 5.74) is 1.36. The fourth-order valence-corrected chi connectivity index (χ4v) is 2.41. The van der Waals surface area contributed by atoms with Gasteiger partial charge in [0.25, 0.3) is 5.91 Å². The van der Waals surface area contributed by atoms with Crippen LogP contribution in [0.1, 0.15) is 11.7 Å². The second-order valence-corrected chi connectivity index (χ2v) is 5.29. The lowest BCUT2D eigenvalue weighted by molar-refractivity contribution is -0.119. The summed E-state index contributed by atoms with van der Waals surface area (Å²) in [6, 6.07) is 15.1. The number of carbonyl (C=O) groups is 2. The van der Waals surface area contributed by atoms with Crippen LogP contribution in [0, 0.1) is 0 Å². The van der Waals surface area contributed by atoms with E-state index in [0.29, 0.717) is 10.7 Å². The highest BCUT2D eigenvalue weighted by Gasteiger charge is 2.40. The molecule has 2 aromatic rings. The Balaban J connectivity index is 1.78. The molecule has 6 heteroatoms. The molecule has 1 saturated heterocycles. The number of hydrogen-bond acceptors (Lipinski definition) is 3. The molecule has 0 saturated carbocycles. The summed E-state index contributed by atoms with van der Waals surface area (Å²) in [4.78, 5) is 23.9. The molecular weight excluding hydrogens is 304 g/mol. The number of anilines is 1. The first-order valence-corrected chi connectivity index (χ1v) is 7.10. The molecule has 0 radical (unpaired) electrons. The molecular formula is C16H13ClN2O3. The van der Waals surface area contributed by atoms with Gasteiger partial charge in [-0.05, 0) is 29.8 Å². The SMILES string of the molecule is O=C1NC(C(=O)Nc2ccc(Cl)cc2)C(c2ccccc2)O1. The largest absolute Gasteiger partial charge is 0.439 e. The molecule has 2 aromatic carbocycles. The first-order valence-electron chi connectivity index (χ1n) is 6.72. The number of alkyl carbamates (subject to hydrolysis) is 1. The Labute approximate surface area is 132 Å². The molecule has 2 atom stereocenters.